The minimum absolute atomic E-state index is 0.0793. The Morgan fingerprint density at radius 2 is 1.77 bits per heavy atom. The molecule has 0 radical (unpaired) electrons. The summed E-state index contributed by atoms with van der Waals surface area (Å²) in [5.74, 6) is 0.00781. The highest BCUT2D eigenvalue weighted by Gasteiger charge is 2.31. The highest BCUT2D eigenvalue weighted by atomic mass is 16.5. The Morgan fingerprint density at radius 3 is 2.40 bits per heavy atom. The standard InChI is InChI=1S/C23H28N2O5/c1-23(2,3)21(27)25(22(28)29)13-12-19(26)16-9-7-10-18(14-16)24-15-17-8-5-6-11-20(17)30-4/h5-11,14,24H,12-13,15H2,1-4H3,(H,28,29). The molecule has 0 spiro atoms. The van der Waals surface area contributed by atoms with E-state index in [4.69, 9.17) is 4.74 Å². The van der Waals surface area contributed by atoms with Crippen molar-refractivity contribution in [1.82, 2.24) is 4.90 Å². The average molecular weight is 412 g/mol. The SMILES string of the molecule is COc1ccccc1CNc1cccc(C(=O)CCN(C(=O)O)C(=O)C(C)(C)C)c1. The Bertz CT molecular complexity index is 918. The number of methoxy groups -OCH3 is 1. The number of ether oxygens (including phenoxy) is 1. The van der Waals surface area contributed by atoms with E-state index < -0.39 is 17.4 Å². The lowest BCUT2D eigenvalue weighted by Crippen LogP contribution is -2.43. The van der Waals surface area contributed by atoms with E-state index in [0.717, 1.165) is 17.0 Å². The molecule has 2 rings (SSSR count). The van der Waals surface area contributed by atoms with Gasteiger partial charge in [-0.2, -0.15) is 0 Å². The van der Waals surface area contributed by atoms with E-state index in [1.165, 1.54) is 0 Å². The lowest BCUT2D eigenvalue weighted by atomic mass is 9.94. The number of imide groups is 1. The predicted octanol–water partition coefficient (Wildman–Crippen LogP) is 4.43. The molecule has 0 fully saturated rings. The summed E-state index contributed by atoms with van der Waals surface area (Å²) in [5.41, 5.74) is 1.35. The summed E-state index contributed by atoms with van der Waals surface area (Å²) in [6.45, 7) is 5.27. The maximum absolute atomic E-state index is 12.6. The molecule has 2 N–H and O–H groups in total. The van der Waals surface area contributed by atoms with Crippen molar-refractivity contribution in [2.75, 3.05) is 19.0 Å². The zero-order valence-corrected chi connectivity index (χ0v) is 17.8. The number of nitrogens with one attached hydrogen (secondary N) is 1. The van der Waals surface area contributed by atoms with Gasteiger partial charge in [0.25, 0.3) is 0 Å². The van der Waals surface area contributed by atoms with Crippen LogP contribution in [0.2, 0.25) is 0 Å². The third kappa shape index (κ3) is 6.07. The van der Waals surface area contributed by atoms with E-state index in [0.29, 0.717) is 17.0 Å². The number of carbonyl (C=O) groups excluding carboxylic acids is 2. The van der Waals surface area contributed by atoms with E-state index >= 15 is 0 Å². The van der Waals surface area contributed by atoms with E-state index in [9.17, 15) is 19.5 Å². The van der Waals surface area contributed by atoms with Gasteiger partial charge in [0.15, 0.2) is 5.78 Å². The van der Waals surface area contributed by atoms with Gasteiger partial charge in [0.2, 0.25) is 5.91 Å². The van der Waals surface area contributed by atoms with E-state index in [-0.39, 0.29) is 18.7 Å². The second kappa shape index (κ2) is 9.91. The summed E-state index contributed by atoms with van der Waals surface area (Å²) >= 11 is 0. The number of hydrogen-bond donors (Lipinski definition) is 2. The molecule has 0 saturated heterocycles. The number of carboxylic acid groups (broad SMARTS) is 1. The Hall–Kier alpha value is -3.35. The van der Waals surface area contributed by atoms with Gasteiger partial charge in [0.1, 0.15) is 5.75 Å². The number of para-hydroxylation sites is 1. The molecule has 7 heteroatoms. The van der Waals surface area contributed by atoms with Crippen LogP contribution in [0.1, 0.15) is 43.1 Å². The van der Waals surface area contributed by atoms with Crippen LogP contribution < -0.4 is 10.1 Å². The Labute approximate surface area is 176 Å². The van der Waals surface area contributed by atoms with Crippen molar-refractivity contribution in [2.45, 2.75) is 33.7 Å². The predicted molar refractivity (Wildman–Crippen MR) is 115 cm³/mol. The normalized spacial score (nSPS) is 10.9. The van der Waals surface area contributed by atoms with E-state index in [1.54, 1.807) is 46.1 Å². The fourth-order valence-corrected chi connectivity index (χ4v) is 2.90. The van der Waals surface area contributed by atoms with Crippen molar-refractivity contribution in [3.8, 4) is 5.75 Å². The maximum Gasteiger partial charge on any atom is 0.414 e. The number of nitrogens with zero attached hydrogens (tertiary/aromatic N) is 1. The lowest BCUT2D eigenvalue weighted by Gasteiger charge is -2.25. The molecule has 160 valence electrons. The number of anilines is 1. The van der Waals surface area contributed by atoms with Crippen LogP contribution in [0.25, 0.3) is 0 Å². The number of rotatable bonds is 8. The number of carbonyl (C=O) groups is 3. The molecule has 0 bridgehead atoms. The number of benzene rings is 2. The smallest absolute Gasteiger partial charge is 0.414 e. The lowest BCUT2D eigenvalue weighted by molar-refractivity contribution is -0.137. The van der Waals surface area contributed by atoms with Gasteiger partial charge < -0.3 is 15.2 Å². The topological polar surface area (TPSA) is 95.9 Å². The van der Waals surface area contributed by atoms with Crippen molar-refractivity contribution in [3.63, 3.8) is 0 Å². The fourth-order valence-electron chi connectivity index (χ4n) is 2.90. The molecule has 0 atom stereocenters. The Kier molecular flexibility index (Phi) is 7.58. The number of amides is 2. The molecule has 7 nitrogen and oxygen atoms in total. The highest BCUT2D eigenvalue weighted by molar-refractivity contribution is 5.98. The van der Waals surface area contributed by atoms with Gasteiger partial charge in [-0.15, -0.1) is 0 Å². The van der Waals surface area contributed by atoms with Crippen LogP contribution >= 0.6 is 0 Å². The third-order valence-electron chi connectivity index (χ3n) is 4.54. The minimum Gasteiger partial charge on any atom is -0.496 e. The van der Waals surface area contributed by atoms with Crippen LogP contribution in [0.15, 0.2) is 48.5 Å². The average Bonchev–Trinajstić information content (AvgIpc) is 2.71. The van der Waals surface area contributed by atoms with Gasteiger partial charge >= 0.3 is 6.09 Å². The van der Waals surface area contributed by atoms with Gasteiger partial charge in [-0.05, 0) is 18.2 Å². The molecule has 0 aliphatic heterocycles. The molecule has 0 aliphatic rings. The van der Waals surface area contributed by atoms with E-state index in [2.05, 4.69) is 5.32 Å². The number of hydrogen-bond acceptors (Lipinski definition) is 5. The molecule has 0 heterocycles. The fraction of sp³-hybridized carbons (Fsp3) is 0.348. The van der Waals surface area contributed by atoms with Crippen molar-refractivity contribution in [1.29, 1.82) is 0 Å². The zero-order valence-electron chi connectivity index (χ0n) is 17.8. The number of Topliss-reactive ketones (excluding diaryl/α,β-unsaturated/α-hetero) is 1. The molecule has 0 saturated carbocycles. The first-order valence-corrected chi connectivity index (χ1v) is 9.67. The van der Waals surface area contributed by atoms with Crippen LogP contribution in [0.3, 0.4) is 0 Å². The summed E-state index contributed by atoms with van der Waals surface area (Å²) in [7, 11) is 1.61. The van der Waals surface area contributed by atoms with Crippen LogP contribution in [-0.4, -0.2) is 41.4 Å². The molecule has 2 aromatic carbocycles. The van der Waals surface area contributed by atoms with Crippen molar-refractivity contribution >= 4 is 23.5 Å². The van der Waals surface area contributed by atoms with Crippen molar-refractivity contribution < 1.29 is 24.2 Å². The second-order valence-electron chi connectivity index (χ2n) is 7.91. The van der Waals surface area contributed by atoms with Gasteiger partial charge in [0, 0.05) is 41.7 Å². The van der Waals surface area contributed by atoms with Crippen LogP contribution in [0.5, 0.6) is 5.75 Å². The molecular formula is C23H28N2O5. The third-order valence-corrected chi connectivity index (χ3v) is 4.54. The maximum atomic E-state index is 12.6. The summed E-state index contributed by atoms with van der Waals surface area (Å²) in [6.07, 6.45) is -1.43. The molecule has 0 unspecified atom stereocenters. The molecule has 2 aromatic rings. The van der Waals surface area contributed by atoms with Crippen molar-refractivity contribution in [2.24, 2.45) is 5.41 Å². The Balaban J connectivity index is 2.03. The van der Waals surface area contributed by atoms with Crippen LogP contribution in [0.4, 0.5) is 10.5 Å². The van der Waals surface area contributed by atoms with Crippen molar-refractivity contribution in [3.05, 3.63) is 59.7 Å². The Morgan fingerprint density at radius 1 is 1.07 bits per heavy atom. The highest BCUT2D eigenvalue weighted by Crippen LogP contribution is 2.21. The largest absolute Gasteiger partial charge is 0.496 e. The monoisotopic (exact) mass is 412 g/mol. The molecular weight excluding hydrogens is 384 g/mol. The van der Waals surface area contributed by atoms with Gasteiger partial charge in [-0.25, -0.2) is 9.69 Å². The summed E-state index contributed by atoms with van der Waals surface area (Å²) in [6, 6.07) is 14.6. The number of ketones is 1. The zero-order chi connectivity index (χ0) is 22.3. The second-order valence-corrected chi connectivity index (χ2v) is 7.91. The van der Waals surface area contributed by atoms with Gasteiger partial charge in [-0.3, -0.25) is 9.59 Å². The minimum atomic E-state index is -1.35. The van der Waals surface area contributed by atoms with Gasteiger partial charge in [0.05, 0.1) is 7.11 Å². The molecule has 30 heavy (non-hydrogen) atoms. The summed E-state index contributed by atoms with van der Waals surface area (Å²) in [4.78, 5) is 37.0. The quantitative estimate of drug-likeness (QED) is 0.623. The molecule has 0 aromatic heterocycles. The molecule has 0 aliphatic carbocycles. The first-order chi connectivity index (χ1) is 14.1. The summed E-state index contributed by atoms with van der Waals surface area (Å²) in [5, 5.41) is 12.6. The summed E-state index contributed by atoms with van der Waals surface area (Å²) < 4.78 is 5.34. The molecule has 2 amide bonds. The van der Waals surface area contributed by atoms with Crippen LogP contribution in [0, 0.1) is 5.41 Å². The van der Waals surface area contributed by atoms with Gasteiger partial charge in [-0.1, -0.05) is 51.1 Å². The first kappa shape index (κ1) is 22.9. The van der Waals surface area contributed by atoms with Crippen LogP contribution in [-0.2, 0) is 11.3 Å². The van der Waals surface area contributed by atoms with E-state index in [1.807, 2.05) is 30.3 Å². The first-order valence-electron chi connectivity index (χ1n) is 9.67.